The number of aliphatic hydroxyl groups is 1. The lowest BCUT2D eigenvalue weighted by molar-refractivity contribution is 0.0905. The summed E-state index contributed by atoms with van der Waals surface area (Å²) in [5.41, 5.74) is 2.75. The molecule has 1 aliphatic carbocycles. The van der Waals surface area contributed by atoms with Gasteiger partial charge < -0.3 is 10.4 Å². The van der Waals surface area contributed by atoms with E-state index in [2.05, 4.69) is 19.2 Å². The first kappa shape index (κ1) is 13.6. The standard InChI is InChI=1S/C16H25NO/c1-12-6-4-5-7-14(12)15(18)11-17-10-13-8-16(2,3)9-13/h4-7,13,15,17-18H,8-11H2,1-3H3. The smallest absolute Gasteiger partial charge is 0.0916 e. The molecule has 1 aromatic carbocycles. The third-order valence-electron chi connectivity index (χ3n) is 4.00. The summed E-state index contributed by atoms with van der Waals surface area (Å²) < 4.78 is 0. The van der Waals surface area contributed by atoms with Gasteiger partial charge in [-0.2, -0.15) is 0 Å². The topological polar surface area (TPSA) is 32.3 Å². The van der Waals surface area contributed by atoms with E-state index in [9.17, 15) is 5.11 Å². The molecule has 1 atom stereocenters. The molecule has 2 nitrogen and oxygen atoms in total. The molecule has 0 spiro atoms. The number of aliphatic hydroxyl groups excluding tert-OH is 1. The van der Waals surface area contributed by atoms with Crippen molar-refractivity contribution in [2.24, 2.45) is 11.3 Å². The molecule has 1 aromatic rings. The van der Waals surface area contributed by atoms with E-state index in [1.807, 2.05) is 31.2 Å². The SMILES string of the molecule is Cc1ccccc1C(O)CNCC1CC(C)(C)C1. The highest BCUT2D eigenvalue weighted by atomic mass is 16.3. The number of hydrogen-bond acceptors (Lipinski definition) is 2. The van der Waals surface area contributed by atoms with Crippen LogP contribution in [0, 0.1) is 18.3 Å². The highest BCUT2D eigenvalue weighted by molar-refractivity contribution is 5.27. The van der Waals surface area contributed by atoms with Crippen LogP contribution < -0.4 is 5.32 Å². The van der Waals surface area contributed by atoms with E-state index in [1.54, 1.807) is 0 Å². The number of hydrogen-bond donors (Lipinski definition) is 2. The fourth-order valence-electron chi connectivity index (χ4n) is 3.14. The summed E-state index contributed by atoms with van der Waals surface area (Å²) in [6.07, 6.45) is 2.22. The van der Waals surface area contributed by atoms with Crippen molar-refractivity contribution in [3.05, 3.63) is 35.4 Å². The molecule has 2 heteroatoms. The maximum absolute atomic E-state index is 10.1. The van der Waals surface area contributed by atoms with Gasteiger partial charge in [-0.3, -0.25) is 0 Å². The van der Waals surface area contributed by atoms with Gasteiger partial charge in [-0.1, -0.05) is 38.1 Å². The molecule has 18 heavy (non-hydrogen) atoms. The largest absolute Gasteiger partial charge is 0.387 e. The number of rotatable bonds is 5. The van der Waals surface area contributed by atoms with Crippen molar-refractivity contribution in [3.8, 4) is 0 Å². The molecule has 2 rings (SSSR count). The van der Waals surface area contributed by atoms with Crippen LogP contribution in [-0.4, -0.2) is 18.2 Å². The summed E-state index contributed by atoms with van der Waals surface area (Å²) in [4.78, 5) is 0. The molecule has 0 bridgehead atoms. The molecule has 1 unspecified atom stereocenters. The van der Waals surface area contributed by atoms with Gasteiger partial charge in [-0.25, -0.2) is 0 Å². The van der Waals surface area contributed by atoms with Crippen molar-refractivity contribution in [1.29, 1.82) is 0 Å². The van der Waals surface area contributed by atoms with Crippen molar-refractivity contribution >= 4 is 0 Å². The molecule has 100 valence electrons. The maximum Gasteiger partial charge on any atom is 0.0916 e. The summed E-state index contributed by atoms with van der Waals surface area (Å²) in [5.74, 6) is 0.795. The number of nitrogens with one attached hydrogen (secondary N) is 1. The Labute approximate surface area is 110 Å². The Morgan fingerprint density at radius 3 is 2.61 bits per heavy atom. The van der Waals surface area contributed by atoms with Gasteiger partial charge in [0.05, 0.1) is 6.10 Å². The molecule has 0 aromatic heterocycles. The maximum atomic E-state index is 10.1. The Bertz CT molecular complexity index is 392. The van der Waals surface area contributed by atoms with Crippen LogP contribution in [0.15, 0.2) is 24.3 Å². The Hall–Kier alpha value is -0.860. The summed E-state index contributed by atoms with van der Waals surface area (Å²) in [6.45, 7) is 8.39. The first-order chi connectivity index (χ1) is 8.48. The van der Waals surface area contributed by atoms with E-state index in [-0.39, 0.29) is 6.10 Å². The molecule has 0 radical (unpaired) electrons. The van der Waals surface area contributed by atoms with Crippen LogP contribution in [0.3, 0.4) is 0 Å². The molecule has 0 aliphatic heterocycles. The third kappa shape index (κ3) is 3.33. The Balaban J connectivity index is 1.73. The molecular weight excluding hydrogens is 222 g/mol. The van der Waals surface area contributed by atoms with Crippen molar-refractivity contribution < 1.29 is 5.11 Å². The predicted octanol–water partition coefficient (Wildman–Crippen LogP) is 3.05. The first-order valence-corrected chi connectivity index (χ1v) is 6.92. The summed E-state index contributed by atoms with van der Waals surface area (Å²) in [5, 5.41) is 13.5. The molecule has 1 saturated carbocycles. The number of aryl methyl sites for hydroxylation is 1. The summed E-state index contributed by atoms with van der Waals surface area (Å²) in [7, 11) is 0. The van der Waals surface area contributed by atoms with Gasteiger partial charge in [0.1, 0.15) is 0 Å². The minimum Gasteiger partial charge on any atom is -0.387 e. The zero-order valence-corrected chi connectivity index (χ0v) is 11.7. The Kier molecular flexibility index (Phi) is 4.08. The van der Waals surface area contributed by atoms with E-state index in [1.165, 1.54) is 12.8 Å². The molecular formula is C16H25NO. The van der Waals surface area contributed by atoms with Crippen LogP contribution in [0.5, 0.6) is 0 Å². The van der Waals surface area contributed by atoms with E-state index in [0.717, 1.165) is 23.6 Å². The van der Waals surface area contributed by atoms with Crippen LogP contribution in [0.1, 0.15) is 43.9 Å². The van der Waals surface area contributed by atoms with E-state index in [4.69, 9.17) is 0 Å². The van der Waals surface area contributed by atoms with E-state index >= 15 is 0 Å². The lowest BCUT2D eigenvalue weighted by atomic mass is 9.64. The second-order valence-corrected chi connectivity index (χ2v) is 6.47. The molecule has 0 heterocycles. The highest BCUT2D eigenvalue weighted by Gasteiger charge is 2.35. The van der Waals surface area contributed by atoms with Gasteiger partial charge in [0.25, 0.3) is 0 Å². The van der Waals surface area contributed by atoms with Crippen molar-refractivity contribution in [3.63, 3.8) is 0 Å². The van der Waals surface area contributed by atoms with Gasteiger partial charge in [0, 0.05) is 6.54 Å². The molecule has 1 fully saturated rings. The summed E-state index contributed by atoms with van der Waals surface area (Å²) >= 11 is 0. The minimum absolute atomic E-state index is 0.390. The number of benzene rings is 1. The monoisotopic (exact) mass is 247 g/mol. The first-order valence-electron chi connectivity index (χ1n) is 6.92. The van der Waals surface area contributed by atoms with Gasteiger partial charge in [0.15, 0.2) is 0 Å². The summed E-state index contributed by atoms with van der Waals surface area (Å²) in [6, 6.07) is 8.05. The molecule has 0 saturated heterocycles. The van der Waals surface area contributed by atoms with Crippen molar-refractivity contribution in [2.75, 3.05) is 13.1 Å². The fraction of sp³-hybridized carbons (Fsp3) is 0.625. The van der Waals surface area contributed by atoms with Crippen LogP contribution in [-0.2, 0) is 0 Å². The van der Waals surface area contributed by atoms with E-state index in [0.29, 0.717) is 12.0 Å². The van der Waals surface area contributed by atoms with Gasteiger partial charge in [-0.05, 0) is 48.8 Å². The minimum atomic E-state index is -0.390. The lowest BCUT2D eigenvalue weighted by Gasteiger charge is -2.42. The normalized spacial score (nSPS) is 20.4. The zero-order chi connectivity index (χ0) is 13.2. The second kappa shape index (κ2) is 5.41. The molecule has 1 aliphatic rings. The van der Waals surface area contributed by atoms with Crippen LogP contribution in [0.25, 0.3) is 0 Å². The van der Waals surface area contributed by atoms with Gasteiger partial charge >= 0.3 is 0 Å². The van der Waals surface area contributed by atoms with Crippen LogP contribution in [0.2, 0.25) is 0 Å². The zero-order valence-electron chi connectivity index (χ0n) is 11.7. The van der Waals surface area contributed by atoms with Crippen molar-refractivity contribution in [1.82, 2.24) is 5.32 Å². The van der Waals surface area contributed by atoms with Gasteiger partial charge in [0.2, 0.25) is 0 Å². The van der Waals surface area contributed by atoms with Gasteiger partial charge in [-0.15, -0.1) is 0 Å². The quantitative estimate of drug-likeness (QED) is 0.838. The van der Waals surface area contributed by atoms with Crippen molar-refractivity contribution in [2.45, 2.75) is 39.7 Å². The highest BCUT2D eigenvalue weighted by Crippen LogP contribution is 2.44. The molecule has 2 N–H and O–H groups in total. The second-order valence-electron chi connectivity index (χ2n) is 6.47. The fourth-order valence-corrected chi connectivity index (χ4v) is 3.14. The Morgan fingerprint density at radius 2 is 2.00 bits per heavy atom. The Morgan fingerprint density at radius 1 is 1.33 bits per heavy atom. The molecule has 0 amide bonds. The lowest BCUT2D eigenvalue weighted by Crippen LogP contribution is -2.39. The average molecular weight is 247 g/mol. The third-order valence-corrected chi connectivity index (χ3v) is 4.00. The van der Waals surface area contributed by atoms with Crippen LogP contribution >= 0.6 is 0 Å². The van der Waals surface area contributed by atoms with E-state index < -0.39 is 0 Å². The van der Waals surface area contributed by atoms with Crippen LogP contribution in [0.4, 0.5) is 0 Å². The average Bonchev–Trinajstić information content (AvgIpc) is 2.27. The predicted molar refractivity (Wildman–Crippen MR) is 75.5 cm³/mol.